The van der Waals surface area contributed by atoms with Gasteiger partial charge in [-0.3, -0.25) is 4.79 Å². The van der Waals surface area contributed by atoms with Crippen molar-refractivity contribution >= 4 is 5.91 Å². The normalized spacial score (nSPS) is 18.1. The smallest absolute Gasteiger partial charge is 0.260 e. The van der Waals surface area contributed by atoms with Gasteiger partial charge in [-0.25, -0.2) is 4.39 Å². The zero-order valence-corrected chi connectivity index (χ0v) is 11.2. The van der Waals surface area contributed by atoms with Gasteiger partial charge in [0.2, 0.25) is 0 Å². The number of aromatic hydroxyl groups is 1. The molecule has 3 rings (SSSR count). The van der Waals surface area contributed by atoms with Crippen LogP contribution in [0.5, 0.6) is 5.75 Å². The molecule has 1 amide bonds. The predicted molar refractivity (Wildman–Crippen MR) is 70.0 cm³/mol. The summed E-state index contributed by atoms with van der Waals surface area (Å²) in [7, 11) is 0. The van der Waals surface area contributed by atoms with Crippen LogP contribution >= 0.6 is 0 Å². The molecule has 8 heteroatoms. The number of hydrogen-bond donors (Lipinski definition) is 2. The van der Waals surface area contributed by atoms with E-state index in [4.69, 9.17) is 0 Å². The lowest BCUT2D eigenvalue weighted by atomic mass is 10.1. The summed E-state index contributed by atoms with van der Waals surface area (Å²) in [5.74, 6) is -0.715. The fourth-order valence-corrected chi connectivity index (χ4v) is 2.59. The molecule has 1 fully saturated rings. The first kappa shape index (κ1) is 13.5. The molecular formula is C13H14FN5O2. The maximum atomic E-state index is 13.7. The Morgan fingerprint density at radius 2 is 2.38 bits per heavy atom. The van der Waals surface area contributed by atoms with Crippen molar-refractivity contribution in [2.45, 2.75) is 12.8 Å². The number of phenols is 1. The van der Waals surface area contributed by atoms with E-state index in [1.165, 1.54) is 18.2 Å². The van der Waals surface area contributed by atoms with Crippen molar-refractivity contribution in [1.29, 1.82) is 0 Å². The number of rotatable bonds is 3. The topological polar surface area (TPSA) is 95.0 Å². The number of aromatic nitrogens is 4. The Hall–Kier alpha value is -2.51. The number of H-pyrrole nitrogens is 1. The molecule has 1 aromatic carbocycles. The number of likely N-dealkylation sites (tertiary alicyclic amines) is 1. The number of nitrogens with one attached hydrogen (secondary N) is 1. The van der Waals surface area contributed by atoms with Crippen LogP contribution in [0.2, 0.25) is 0 Å². The van der Waals surface area contributed by atoms with E-state index in [0.717, 1.165) is 6.42 Å². The van der Waals surface area contributed by atoms with Crippen molar-refractivity contribution < 1.29 is 14.3 Å². The lowest BCUT2D eigenvalue weighted by Gasteiger charge is -2.17. The van der Waals surface area contributed by atoms with Gasteiger partial charge in [0.05, 0.1) is 0 Å². The van der Waals surface area contributed by atoms with Crippen molar-refractivity contribution in [1.82, 2.24) is 25.5 Å². The summed E-state index contributed by atoms with van der Waals surface area (Å²) in [4.78, 5) is 13.9. The van der Waals surface area contributed by atoms with Gasteiger partial charge >= 0.3 is 0 Å². The van der Waals surface area contributed by atoms with Gasteiger partial charge in [-0.05, 0) is 24.5 Å². The number of amides is 1. The van der Waals surface area contributed by atoms with E-state index in [0.29, 0.717) is 25.3 Å². The van der Waals surface area contributed by atoms with E-state index in [-0.39, 0.29) is 17.2 Å². The molecule has 21 heavy (non-hydrogen) atoms. The highest BCUT2D eigenvalue weighted by atomic mass is 19.1. The Kier molecular flexibility index (Phi) is 3.51. The van der Waals surface area contributed by atoms with Crippen LogP contribution in [0.25, 0.3) is 0 Å². The first-order valence-corrected chi connectivity index (χ1v) is 6.64. The number of nitrogens with zero attached hydrogens (tertiary/aromatic N) is 4. The highest BCUT2D eigenvalue weighted by Gasteiger charge is 2.30. The quantitative estimate of drug-likeness (QED) is 0.870. The maximum Gasteiger partial charge on any atom is 0.260 e. The predicted octanol–water partition coefficient (Wildman–Crippen LogP) is 0.749. The number of benzene rings is 1. The van der Waals surface area contributed by atoms with Crippen LogP contribution in [0.15, 0.2) is 18.2 Å². The van der Waals surface area contributed by atoms with E-state index in [2.05, 4.69) is 20.6 Å². The monoisotopic (exact) mass is 291 g/mol. The molecule has 1 atom stereocenters. The Labute approximate surface area is 119 Å². The summed E-state index contributed by atoms with van der Waals surface area (Å²) in [6.07, 6.45) is 1.40. The molecule has 1 unspecified atom stereocenters. The van der Waals surface area contributed by atoms with Gasteiger partial charge in [0.15, 0.2) is 5.82 Å². The molecule has 1 saturated heterocycles. The van der Waals surface area contributed by atoms with Crippen molar-refractivity contribution in [3.05, 3.63) is 35.4 Å². The van der Waals surface area contributed by atoms with Crippen LogP contribution in [0.3, 0.4) is 0 Å². The number of carbonyl (C=O) groups excluding carboxylic acids is 1. The van der Waals surface area contributed by atoms with Crippen LogP contribution in [-0.2, 0) is 6.42 Å². The van der Waals surface area contributed by atoms with Gasteiger partial charge in [0, 0.05) is 19.5 Å². The molecule has 110 valence electrons. The SMILES string of the molecule is O=C(c1c(O)cccc1F)N1CCC(Cc2nn[nH]n2)C1. The lowest BCUT2D eigenvalue weighted by molar-refractivity contribution is 0.0779. The minimum Gasteiger partial charge on any atom is -0.507 e. The number of aromatic amines is 1. The third kappa shape index (κ3) is 2.69. The molecule has 1 aliphatic heterocycles. The molecule has 0 radical (unpaired) electrons. The molecule has 2 aromatic rings. The van der Waals surface area contributed by atoms with E-state index in [1.807, 2.05) is 0 Å². The van der Waals surface area contributed by atoms with Gasteiger partial charge in [0.25, 0.3) is 5.91 Å². The summed E-state index contributed by atoms with van der Waals surface area (Å²) >= 11 is 0. The first-order valence-electron chi connectivity index (χ1n) is 6.64. The Morgan fingerprint density at radius 1 is 1.52 bits per heavy atom. The van der Waals surface area contributed by atoms with E-state index in [9.17, 15) is 14.3 Å². The zero-order chi connectivity index (χ0) is 14.8. The molecule has 1 aliphatic rings. The Morgan fingerprint density at radius 3 is 3.10 bits per heavy atom. The molecule has 0 spiro atoms. The van der Waals surface area contributed by atoms with Crippen LogP contribution in [-0.4, -0.2) is 49.6 Å². The van der Waals surface area contributed by atoms with Crippen molar-refractivity contribution in [2.75, 3.05) is 13.1 Å². The second-order valence-electron chi connectivity index (χ2n) is 5.07. The van der Waals surface area contributed by atoms with Crippen molar-refractivity contribution in [2.24, 2.45) is 5.92 Å². The van der Waals surface area contributed by atoms with Gasteiger partial charge in [-0.1, -0.05) is 11.3 Å². The van der Waals surface area contributed by atoms with Crippen molar-refractivity contribution in [3.63, 3.8) is 0 Å². The summed E-state index contributed by atoms with van der Waals surface area (Å²) in [5, 5.41) is 23.3. The highest BCUT2D eigenvalue weighted by molar-refractivity contribution is 5.97. The molecule has 0 bridgehead atoms. The number of halogens is 1. The summed E-state index contributed by atoms with van der Waals surface area (Å²) < 4.78 is 13.7. The summed E-state index contributed by atoms with van der Waals surface area (Å²) in [5.41, 5.74) is -0.266. The standard InChI is InChI=1S/C13H14FN5O2/c14-9-2-1-3-10(20)12(9)13(21)19-5-4-8(7-19)6-11-15-17-18-16-11/h1-3,8,20H,4-7H2,(H,15,16,17,18). The number of hydrogen-bond acceptors (Lipinski definition) is 5. The largest absolute Gasteiger partial charge is 0.507 e. The molecule has 1 aromatic heterocycles. The fourth-order valence-electron chi connectivity index (χ4n) is 2.59. The highest BCUT2D eigenvalue weighted by Crippen LogP contribution is 2.26. The minimum atomic E-state index is -0.707. The second kappa shape index (κ2) is 5.47. The average molecular weight is 291 g/mol. The number of tetrazole rings is 1. The molecule has 7 nitrogen and oxygen atoms in total. The molecule has 2 heterocycles. The van der Waals surface area contributed by atoms with E-state index < -0.39 is 11.7 Å². The van der Waals surface area contributed by atoms with Crippen LogP contribution < -0.4 is 0 Å². The third-order valence-electron chi connectivity index (χ3n) is 3.64. The number of carbonyl (C=O) groups is 1. The average Bonchev–Trinajstić information content (AvgIpc) is 3.10. The lowest BCUT2D eigenvalue weighted by Crippen LogP contribution is -2.29. The van der Waals surface area contributed by atoms with Gasteiger partial charge in [-0.15, -0.1) is 10.2 Å². The van der Waals surface area contributed by atoms with Crippen LogP contribution in [0.1, 0.15) is 22.6 Å². The summed E-state index contributed by atoms with van der Waals surface area (Å²) in [6, 6.07) is 3.84. The first-order chi connectivity index (χ1) is 10.1. The number of phenolic OH excluding ortho intramolecular Hbond substituents is 1. The zero-order valence-electron chi connectivity index (χ0n) is 11.2. The third-order valence-corrected chi connectivity index (χ3v) is 3.64. The minimum absolute atomic E-state index is 0.209. The Bertz CT molecular complexity index is 626. The van der Waals surface area contributed by atoms with Crippen LogP contribution in [0.4, 0.5) is 4.39 Å². The van der Waals surface area contributed by atoms with Gasteiger partial charge in [-0.2, -0.15) is 5.21 Å². The Balaban J connectivity index is 1.70. The van der Waals surface area contributed by atoms with E-state index in [1.54, 1.807) is 4.90 Å². The molecule has 0 aliphatic carbocycles. The summed E-state index contributed by atoms with van der Waals surface area (Å²) in [6.45, 7) is 1.01. The van der Waals surface area contributed by atoms with Crippen molar-refractivity contribution in [3.8, 4) is 5.75 Å². The maximum absolute atomic E-state index is 13.7. The van der Waals surface area contributed by atoms with Gasteiger partial charge < -0.3 is 10.0 Å². The fraction of sp³-hybridized carbons (Fsp3) is 0.385. The second-order valence-corrected chi connectivity index (χ2v) is 5.07. The van der Waals surface area contributed by atoms with Crippen LogP contribution in [0, 0.1) is 11.7 Å². The van der Waals surface area contributed by atoms with E-state index >= 15 is 0 Å². The molecule has 2 N–H and O–H groups in total. The molecule has 0 saturated carbocycles. The van der Waals surface area contributed by atoms with Gasteiger partial charge in [0.1, 0.15) is 17.1 Å². The molecular weight excluding hydrogens is 277 g/mol.